The molecule has 1 rings (SSSR count). The van der Waals surface area contributed by atoms with E-state index in [1.54, 1.807) is 0 Å². The number of carbonyl (C=O) groups is 1. The van der Waals surface area contributed by atoms with Crippen molar-refractivity contribution in [2.75, 3.05) is 25.3 Å². The fourth-order valence-electron chi connectivity index (χ4n) is 1.66. The Kier molecular flexibility index (Phi) is 6.76. The summed E-state index contributed by atoms with van der Waals surface area (Å²) < 4.78 is 0. The molecule has 100 valence electrons. The third-order valence-corrected chi connectivity index (χ3v) is 2.79. The Morgan fingerprint density at radius 1 is 1.22 bits per heavy atom. The van der Waals surface area contributed by atoms with Gasteiger partial charge in [0.15, 0.2) is 0 Å². The van der Waals surface area contributed by atoms with Crippen LogP contribution >= 0.6 is 11.6 Å². The maximum Gasteiger partial charge on any atom is 0.224 e. The lowest BCUT2D eigenvalue weighted by Crippen LogP contribution is -2.12. The highest BCUT2D eigenvalue weighted by Gasteiger charge is 2.02. The highest BCUT2D eigenvalue weighted by Crippen LogP contribution is 2.11. The molecule has 1 aromatic rings. The number of unbranched alkanes of at least 4 members (excludes halogenated alkanes) is 1. The number of carbonyl (C=O) groups excluding carboxylic acids is 1. The van der Waals surface area contributed by atoms with Crippen molar-refractivity contribution in [1.82, 2.24) is 4.90 Å². The quantitative estimate of drug-likeness (QED) is 0.609. The Labute approximate surface area is 114 Å². The second-order valence-corrected chi connectivity index (χ2v) is 5.01. The molecular weight excluding hydrogens is 248 g/mol. The lowest BCUT2D eigenvalue weighted by Gasteiger charge is -2.10. The van der Waals surface area contributed by atoms with E-state index < -0.39 is 0 Å². The molecule has 0 aromatic heterocycles. The number of anilines is 1. The highest BCUT2D eigenvalue weighted by atomic mass is 35.5. The molecular formula is C14H21ClN2O. The number of halogens is 1. The van der Waals surface area contributed by atoms with E-state index in [0.717, 1.165) is 25.1 Å². The summed E-state index contributed by atoms with van der Waals surface area (Å²) in [4.78, 5) is 13.7. The fraction of sp³-hybridized carbons (Fsp3) is 0.500. The average Bonchev–Trinajstić information content (AvgIpc) is 2.31. The predicted molar refractivity (Wildman–Crippen MR) is 77.0 cm³/mol. The first-order chi connectivity index (χ1) is 8.61. The van der Waals surface area contributed by atoms with Crippen LogP contribution in [0.2, 0.25) is 0 Å². The Balaban J connectivity index is 2.40. The van der Waals surface area contributed by atoms with Crippen LogP contribution in [-0.2, 0) is 11.3 Å². The van der Waals surface area contributed by atoms with Crippen molar-refractivity contribution in [3.8, 4) is 0 Å². The largest absolute Gasteiger partial charge is 0.326 e. The number of hydrogen-bond acceptors (Lipinski definition) is 2. The van der Waals surface area contributed by atoms with Crippen LogP contribution < -0.4 is 5.32 Å². The smallest absolute Gasteiger partial charge is 0.224 e. The summed E-state index contributed by atoms with van der Waals surface area (Å²) in [6.45, 7) is 0.907. The monoisotopic (exact) mass is 268 g/mol. The maximum atomic E-state index is 11.6. The molecule has 0 aliphatic heterocycles. The van der Waals surface area contributed by atoms with Gasteiger partial charge in [0, 0.05) is 24.5 Å². The number of benzene rings is 1. The number of rotatable bonds is 7. The van der Waals surface area contributed by atoms with Gasteiger partial charge in [-0.15, -0.1) is 11.6 Å². The molecule has 4 heteroatoms. The molecule has 0 unspecified atom stereocenters. The van der Waals surface area contributed by atoms with Gasteiger partial charge in [0.25, 0.3) is 0 Å². The second-order valence-electron chi connectivity index (χ2n) is 4.63. The van der Waals surface area contributed by atoms with E-state index in [-0.39, 0.29) is 5.91 Å². The molecule has 0 saturated heterocycles. The van der Waals surface area contributed by atoms with Crippen molar-refractivity contribution in [2.45, 2.75) is 25.8 Å². The van der Waals surface area contributed by atoms with E-state index >= 15 is 0 Å². The standard InChI is InChI=1S/C14H21ClN2O/c1-17(2)11-12-6-8-13(9-7-12)16-14(18)5-3-4-10-15/h6-9H,3-5,10-11H2,1-2H3,(H,16,18). The van der Waals surface area contributed by atoms with Gasteiger partial charge in [0.2, 0.25) is 5.91 Å². The number of amides is 1. The minimum Gasteiger partial charge on any atom is -0.326 e. The van der Waals surface area contributed by atoms with Crippen molar-refractivity contribution in [3.63, 3.8) is 0 Å². The SMILES string of the molecule is CN(C)Cc1ccc(NC(=O)CCCCCl)cc1. The van der Waals surface area contributed by atoms with E-state index in [2.05, 4.69) is 10.2 Å². The van der Waals surface area contributed by atoms with Crippen molar-refractivity contribution >= 4 is 23.2 Å². The molecule has 18 heavy (non-hydrogen) atoms. The number of alkyl halides is 1. The van der Waals surface area contributed by atoms with Gasteiger partial charge < -0.3 is 10.2 Å². The van der Waals surface area contributed by atoms with Crippen LogP contribution in [0.15, 0.2) is 24.3 Å². The molecule has 3 nitrogen and oxygen atoms in total. The average molecular weight is 269 g/mol. The molecule has 0 heterocycles. The first-order valence-electron chi connectivity index (χ1n) is 6.21. The third-order valence-electron chi connectivity index (χ3n) is 2.52. The zero-order chi connectivity index (χ0) is 13.4. The highest BCUT2D eigenvalue weighted by molar-refractivity contribution is 6.17. The van der Waals surface area contributed by atoms with Crippen LogP contribution in [0.4, 0.5) is 5.69 Å². The molecule has 0 radical (unpaired) electrons. The van der Waals surface area contributed by atoms with E-state index in [0.29, 0.717) is 12.3 Å². The Morgan fingerprint density at radius 3 is 2.44 bits per heavy atom. The summed E-state index contributed by atoms with van der Waals surface area (Å²) >= 11 is 5.57. The lowest BCUT2D eigenvalue weighted by atomic mass is 10.2. The predicted octanol–water partition coefficient (Wildman–Crippen LogP) is 3.10. The topological polar surface area (TPSA) is 32.3 Å². The van der Waals surface area contributed by atoms with Gasteiger partial charge in [-0.05, 0) is 44.6 Å². The summed E-state index contributed by atoms with van der Waals surface area (Å²) in [7, 11) is 4.07. The van der Waals surface area contributed by atoms with Crippen molar-refractivity contribution in [3.05, 3.63) is 29.8 Å². The first-order valence-corrected chi connectivity index (χ1v) is 6.75. The maximum absolute atomic E-state index is 11.6. The van der Waals surface area contributed by atoms with E-state index in [1.807, 2.05) is 38.4 Å². The fourth-order valence-corrected chi connectivity index (χ4v) is 1.85. The van der Waals surface area contributed by atoms with Crippen LogP contribution in [0.3, 0.4) is 0 Å². The van der Waals surface area contributed by atoms with Gasteiger partial charge in [0.05, 0.1) is 0 Å². The summed E-state index contributed by atoms with van der Waals surface area (Å²) in [5.41, 5.74) is 2.09. The molecule has 0 aliphatic carbocycles. The summed E-state index contributed by atoms with van der Waals surface area (Å²) in [6, 6.07) is 7.96. The van der Waals surface area contributed by atoms with E-state index in [4.69, 9.17) is 11.6 Å². The van der Waals surface area contributed by atoms with Gasteiger partial charge >= 0.3 is 0 Å². The van der Waals surface area contributed by atoms with Crippen molar-refractivity contribution < 1.29 is 4.79 Å². The molecule has 0 bridgehead atoms. The molecule has 0 fully saturated rings. The van der Waals surface area contributed by atoms with E-state index in [9.17, 15) is 4.79 Å². The van der Waals surface area contributed by atoms with Gasteiger partial charge in [-0.25, -0.2) is 0 Å². The summed E-state index contributed by atoms with van der Waals surface area (Å²) in [6.07, 6.45) is 2.26. The minimum atomic E-state index is 0.0560. The molecule has 0 aliphatic rings. The first kappa shape index (κ1) is 15.0. The van der Waals surface area contributed by atoms with Gasteiger partial charge in [0.1, 0.15) is 0 Å². The molecule has 1 amide bonds. The van der Waals surface area contributed by atoms with Crippen LogP contribution in [-0.4, -0.2) is 30.8 Å². The zero-order valence-corrected chi connectivity index (χ0v) is 11.8. The van der Waals surface area contributed by atoms with Crippen molar-refractivity contribution in [1.29, 1.82) is 0 Å². The molecule has 1 aromatic carbocycles. The Morgan fingerprint density at radius 2 is 1.89 bits per heavy atom. The number of hydrogen-bond donors (Lipinski definition) is 1. The number of nitrogens with zero attached hydrogens (tertiary/aromatic N) is 1. The minimum absolute atomic E-state index is 0.0560. The van der Waals surface area contributed by atoms with Crippen LogP contribution in [0.1, 0.15) is 24.8 Å². The van der Waals surface area contributed by atoms with Crippen LogP contribution in [0, 0.1) is 0 Å². The van der Waals surface area contributed by atoms with E-state index in [1.165, 1.54) is 5.56 Å². The zero-order valence-electron chi connectivity index (χ0n) is 11.1. The third kappa shape index (κ3) is 6.03. The van der Waals surface area contributed by atoms with Gasteiger partial charge in [-0.3, -0.25) is 4.79 Å². The van der Waals surface area contributed by atoms with Crippen molar-refractivity contribution in [2.24, 2.45) is 0 Å². The van der Waals surface area contributed by atoms with Crippen LogP contribution in [0.5, 0.6) is 0 Å². The Bertz CT molecular complexity index is 363. The molecule has 0 atom stereocenters. The molecule has 1 N–H and O–H groups in total. The molecule has 0 spiro atoms. The normalized spacial score (nSPS) is 10.7. The summed E-state index contributed by atoms with van der Waals surface area (Å²) in [5, 5.41) is 2.89. The van der Waals surface area contributed by atoms with Crippen LogP contribution in [0.25, 0.3) is 0 Å². The lowest BCUT2D eigenvalue weighted by molar-refractivity contribution is -0.116. The Hall–Kier alpha value is -1.06. The van der Waals surface area contributed by atoms with Gasteiger partial charge in [-0.1, -0.05) is 12.1 Å². The van der Waals surface area contributed by atoms with Gasteiger partial charge in [-0.2, -0.15) is 0 Å². The summed E-state index contributed by atoms with van der Waals surface area (Å²) in [5.74, 6) is 0.674. The number of nitrogens with one attached hydrogen (secondary N) is 1. The molecule has 0 saturated carbocycles. The second kappa shape index (κ2) is 8.11.